The molecule has 1 N–H and O–H groups in total. The Morgan fingerprint density at radius 2 is 1.72 bits per heavy atom. The largest absolute Gasteiger partial charge is 0.350 e. The van der Waals surface area contributed by atoms with Crippen molar-refractivity contribution in [3.8, 4) is 0 Å². The fraction of sp³-hybridized carbons (Fsp3) is 0.387. The van der Waals surface area contributed by atoms with Crippen LogP contribution in [0.2, 0.25) is 0 Å². The van der Waals surface area contributed by atoms with Crippen molar-refractivity contribution in [2.45, 2.75) is 65.6 Å². The minimum absolute atomic E-state index is 0.0805. The Hall–Kier alpha value is -3.65. The van der Waals surface area contributed by atoms with Gasteiger partial charge in [-0.1, -0.05) is 44.2 Å². The normalized spacial score (nSPS) is 12.3. The summed E-state index contributed by atoms with van der Waals surface area (Å²) in [5.74, 6) is -1.19. The summed E-state index contributed by atoms with van der Waals surface area (Å²) in [6.07, 6.45) is 4.58. The molecular weight excluding hydrogens is 496 g/mol. The summed E-state index contributed by atoms with van der Waals surface area (Å²) in [4.78, 5) is 24.4. The van der Waals surface area contributed by atoms with E-state index in [0.29, 0.717) is 29.0 Å². The average molecular weight is 534 g/mol. The van der Waals surface area contributed by atoms with Crippen molar-refractivity contribution in [2.75, 3.05) is 13.1 Å². The standard InChI is InChI=1S/C31H37F2N5O/c1-4-17-37(18-5-2)20-23-8-11-25(12-9-23)22(3)35-30(39)15-14-29-36-28-7-6-16-34-31(28)38(29)21-24-10-13-26(32)27(33)19-24/h6-13,16,19,22H,4-5,14-15,17-18,20-21H2,1-3H3,(H,35,39)/t22-/m0/s1. The smallest absolute Gasteiger partial charge is 0.220 e. The number of amides is 1. The molecule has 0 fully saturated rings. The molecule has 2 aromatic carbocycles. The highest BCUT2D eigenvalue weighted by atomic mass is 19.2. The quantitative estimate of drug-likeness (QED) is 0.223. The lowest BCUT2D eigenvalue weighted by Gasteiger charge is -2.21. The van der Waals surface area contributed by atoms with E-state index >= 15 is 0 Å². The summed E-state index contributed by atoms with van der Waals surface area (Å²) < 4.78 is 29.1. The fourth-order valence-electron chi connectivity index (χ4n) is 4.88. The molecule has 0 bridgehead atoms. The SMILES string of the molecule is CCCN(CCC)Cc1ccc([C@H](C)NC(=O)CCc2nc3cccnc3n2Cc2ccc(F)c(F)c2)cc1. The van der Waals surface area contributed by atoms with Gasteiger partial charge < -0.3 is 9.88 Å². The highest BCUT2D eigenvalue weighted by Crippen LogP contribution is 2.19. The lowest BCUT2D eigenvalue weighted by molar-refractivity contribution is -0.121. The maximum atomic E-state index is 13.8. The van der Waals surface area contributed by atoms with Crippen LogP contribution in [0.5, 0.6) is 0 Å². The summed E-state index contributed by atoms with van der Waals surface area (Å²) in [5.41, 5.74) is 4.25. The average Bonchev–Trinajstić information content (AvgIpc) is 3.27. The van der Waals surface area contributed by atoms with Gasteiger partial charge >= 0.3 is 0 Å². The Kier molecular flexibility index (Phi) is 9.76. The van der Waals surface area contributed by atoms with Gasteiger partial charge in [0.1, 0.15) is 11.3 Å². The van der Waals surface area contributed by atoms with Gasteiger partial charge in [0.25, 0.3) is 0 Å². The van der Waals surface area contributed by atoms with E-state index in [1.165, 1.54) is 11.6 Å². The number of halogens is 2. The number of fused-ring (bicyclic) bond motifs is 1. The maximum absolute atomic E-state index is 13.8. The van der Waals surface area contributed by atoms with Crippen molar-refractivity contribution in [3.63, 3.8) is 0 Å². The van der Waals surface area contributed by atoms with E-state index in [4.69, 9.17) is 0 Å². The predicted octanol–water partition coefficient (Wildman–Crippen LogP) is 6.19. The van der Waals surface area contributed by atoms with Gasteiger partial charge in [-0.25, -0.2) is 18.7 Å². The van der Waals surface area contributed by atoms with Crippen LogP contribution in [0.4, 0.5) is 8.78 Å². The number of imidazole rings is 1. The van der Waals surface area contributed by atoms with Crippen molar-refractivity contribution < 1.29 is 13.6 Å². The summed E-state index contributed by atoms with van der Waals surface area (Å²) >= 11 is 0. The monoisotopic (exact) mass is 533 g/mol. The zero-order valence-corrected chi connectivity index (χ0v) is 23.0. The lowest BCUT2D eigenvalue weighted by atomic mass is 10.1. The summed E-state index contributed by atoms with van der Waals surface area (Å²) in [6, 6.07) is 15.8. The summed E-state index contributed by atoms with van der Waals surface area (Å²) in [5, 5.41) is 3.09. The third-order valence-corrected chi connectivity index (χ3v) is 6.83. The number of benzene rings is 2. The molecule has 1 atom stereocenters. The Morgan fingerprint density at radius 1 is 1.00 bits per heavy atom. The second kappa shape index (κ2) is 13.4. The van der Waals surface area contributed by atoms with Gasteiger partial charge in [-0.05, 0) is 73.8 Å². The van der Waals surface area contributed by atoms with Gasteiger partial charge in [-0.3, -0.25) is 9.69 Å². The molecule has 4 rings (SSSR count). The number of carbonyl (C=O) groups is 1. The van der Waals surface area contributed by atoms with Gasteiger partial charge in [0.15, 0.2) is 17.3 Å². The van der Waals surface area contributed by atoms with Crippen molar-refractivity contribution >= 4 is 17.1 Å². The third kappa shape index (κ3) is 7.47. The van der Waals surface area contributed by atoms with Gasteiger partial charge in [-0.15, -0.1) is 0 Å². The molecule has 0 saturated carbocycles. The Labute approximate surface area is 229 Å². The van der Waals surface area contributed by atoms with Crippen LogP contribution in [0.1, 0.15) is 68.6 Å². The molecule has 2 aromatic heterocycles. The maximum Gasteiger partial charge on any atom is 0.220 e. The number of hydrogen-bond acceptors (Lipinski definition) is 4. The van der Waals surface area contributed by atoms with E-state index in [2.05, 4.69) is 58.3 Å². The third-order valence-electron chi connectivity index (χ3n) is 6.83. The number of pyridine rings is 1. The lowest BCUT2D eigenvalue weighted by Crippen LogP contribution is -2.27. The molecule has 0 aliphatic carbocycles. The molecule has 0 aliphatic rings. The second-order valence-corrected chi connectivity index (χ2v) is 10.0. The summed E-state index contributed by atoms with van der Waals surface area (Å²) in [6.45, 7) is 9.78. The molecule has 6 nitrogen and oxygen atoms in total. The number of carbonyl (C=O) groups excluding carboxylic acids is 1. The number of aromatic nitrogens is 3. The number of hydrogen-bond donors (Lipinski definition) is 1. The van der Waals surface area contributed by atoms with Crippen LogP contribution >= 0.6 is 0 Å². The highest BCUT2D eigenvalue weighted by molar-refractivity contribution is 5.77. The minimum Gasteiger partial charge on any atom is -0.350 e. The van der Waals surface area contributed by atoms with E-state index in [0.717, 1.165) is 44.1 Å². The Morgan fingerprint density at radius 3 is 2.41 bits per heavy atom. The first-order chi connectivity index (χ1) is 18.9. The van der Waals surface area contributed by atoms with Crippen LogP contribution in [0.15, 0.2) is 60.8 Å². The molecule has 0 spiro atoms. The van der Waals surface area contributed by atoms with Crippen LogP contribution in [0, 0.1) is 11.6 Å². The van der Waals surface area contributed by atoms with Crippen molar-refractivity contribution in [1.29, 1.82) is 0 Å². The molecular formula is C31H37F2N5O. The highest BCUT2D eigenvalue weighted by Gasteiger charge is 2.16. The van der Waals surface area contributed by atoms with Gasteiger partial charge in [0, 0.05) is 25.6 Å². The van der Waals surface area contributed by atoms with Crippen molar-refractivity contribution in [1.82, 2.24) is 24.8 Å². The molecule has 1 amide bonds. The molecule has 0 saturated heterocycles. The first kappa shape index (κ1) is 28.4. The molecule has 4 aromatic rings. The van der Waals surface area contributed by atoms with Crippen molar-refractivity contribution in [2.24, 2.45) is 0 Å². The fourth-order valence-corrected chi connectivity index (χ4v) is 4.88. The predicted molar refractivity (Wildman–Crippen MR) is 150 cm³/mol. The molecule has 0 aliphatic heterocycles. The van der Waals surface area contributed by atoms with E-state index in [9.17, 15) is 13.6 Å². The zero-order chi connectivity index (χ0) is 27.8. The van der Waals surface area contributed by atoms with E-state index in [-0.39, 0.29) is 24.9 Å². The Bertz CT molecular complexity index is 1380. The van der Waals surface area contributed by atoms with Crippen molar-refractivity contribution in [3.05, 3.63) is 94.9 Å². The van der Waals surface area contributed by atoms with Crippen LogP contribution in [-0.4, -0.2) is 38.4 Å². The molecule has 0 radical (unpaired) electrons. The van der Waals surface area contributed by atoms with E-state index in [1.54, 1.807) is 18.3 Å². The first-order valence-electron chi connectivity index (χ1n) is 13.7. The number of nitrogens with zero attached hydrogens (tertiary/aromatic N) is 4. The minimum atomic E-state index is -0.896. The molecule has 2 heterocycles. The van der Waals surface area contributed by atoms with Crippen LogP contribution < -0.4 is 5.32 Å². The summed E-state index contributed by atoms with van der Waals surface area (Å²) in [7, 11) is 0. The number of rotatable bonds is 13. The van der Waals surface area contributed by atoms with Crippen LogP contribution in [0.25, 0.3) is 11.2 Å². The molecule has 39 heavy (non-hydrogen) atoms. The van der Waals surface area contributed by atoms with Gasteiger partial charge in [-0.2, -0.15) is 0 Å². The second-order valence-electron chi connectivity index (χ2n) is 10.0. The molecule has 8 heteroatoms. The number of nitrogens with one attached hydrogen (secondary N) is 1. The van der Waals surface area contributed by atoms with Crippen LogP contribution in [0.3, 0.4) is 0 Å². The van der Waals surface area contributed by atoms with Gasteiger partial charge in [0.05, 0.1) is 12.6 Å². The first-order valence-corrected chi connectivity index (χ1v) is 13.7. The molecule has 206 valence electrons. The van der Waals surface area contributed by atoms with Crippen LogP contribution in [-0.2, 0) is 24.3 Å². The van der Waals surface area contributed by atoms with E-state index in [1.807, 2.05) is 17.6 Å². The molecule has 0 unspecified atom stereocenters. The Balaban J connectivity index is 1.38. The van der Waals surface area contributed by atoms with Gasteiger partial charge in [0.2, 0.25) is 5.91 Å². The topological polar surface area (TPSA) is 63.1 Å². The number of aryl methyl sites for hydroxylation is 1. The zero-order valence-electron chi connectivity index (χ0n) is 23.0. The van der Waals surface area contributed by atoms with E-state index < -0.39 is 11.6 Å².